The number of likely N-dealkylation sites (N-methyl/N-ethyl adjacent to an activating group) is 1. The number of aryl methyl sites for hydroxylation is 1. The second-order valence-electron chi connectivity index (χ2n) is 7.83. The molecule has 172 valence electrons. The number of hydrogen-bond acceptors (Lipinski definition) is 6. The highest BCUT2D eigenvalue weighted by molar-refractivity contribution is 6.46. The summed E-state index contributed by atoms with van der Waals surface area (Å²) < 4.78 is 10.3. The number of aromatic amines is 1. The van der Waals surface area contributed by atoms with Crippen molar-refractivity contribution in [3.05, 3.63) is 52.2 Å². The average molecular weight is 445 g/mol. The molecule has 1 saturated heterocycles. The Kier molecular flexibility index (Phi) is 6.88. The van der Waals surface area contributed by atoms with E-state index in [1.807, 2.05) is 0 Å². The topological polar surface area (TPSA) is 117 Å². The van der Waals surface area contributed by atoms with Crippen LogP contribution in [0, 0.1) is 13.8 Å². The summed E-state index contributed by atoms with van der Waals surface area (Å²) >= 11 is 0. The molecule has 9 nitrogen and oxygen atoms in total. The Morgan fingerprint density at radius 1 is 1.28 bits per heavy atom. The molecule has 0 aliphatic carbocycles. The first-order valence-electron chi connectivity index (χ1n) is 10.7. The van der Waals surface area contributed by atoms with Crippen molar-refractivity contribution in [2.45, 2.75) is 33.7 Å². The quantitative estimate of drug-likeness (QED) is 0.245. The van der Waals surface area contributed by atoms with Crippen molar-refractivity contribution in [2.24, 2.45) is 0 Å². The first-order chi connectivity index (χ1) is 15.3. The van der Waals surface area contributed by atoms with Crippen LogP contribution in [0.25, 0.3) is 5.76 Å². The van der Waals surface area contributed by atoms with Crippen LogP contribution in [-0.4, -0.2) is 65.9 Å². The van der Waals surface area contributed by atoms with Gasteiger partial charge in [0.1, 0.15) is 23.3 Å². The number of nitrogens with one attached hydrogen (secondary N) is 2. The number of esters is 1. The molecule has 32 heavy (non-hydrogen) atoms. The minimum atomic E-state index is -0.852. The van der Waals surface area contributed by atoms with Gasteiger partial charge < -0.3 is 29.0 Å². The SMILES string of the molecule is CC[NH+](CC)CCN1C(=O)C(=O)C(=C(O)c2c(C)[nH]c(C(=O)OC)c2C)C1c1ccco1. The highest BCUT2D eigenvalue weighted by Gasteiger charge is 2.48. The minimum absolute atomic E-state index is 0.0545. The molecule has 1 unspecified atom stereocenters. The smallest absolute Gasteiger partial charge is 0.354 e. The first kappa shape index (κ1) is 23.3. The van der Waals surface area contributed by atoms with E-state index in [4.69, 9.17) is 9.15 Å². The van der Waals surface area contributed by atoms with E-state index in [0.29, 0.717) is 35.7 Å². The van der Waals surface area contributed by atoms with Crippen molar-refractivity contribution in [3.63, 3.8) is 0 Å². The number of carbonyl (C=O) groups is 3. The fraction of sp³-hybridized carbons (Fsp3) is 0.435. The van der Waals surface area contributed by atoms with Crippen molar-refractivity contribution in [1.82, 2.24) is 9.88 Å². The van der Waals surface area contributed by atoms with Crippen molar-refractivity contribution < 1.29 is 33.5 Å². The van der Waals surface area contributed by atoms with E-state index in [0.717, 1.165) is 13.1 Å². The number of ketones is 1. The number of H-pyrrole nitrogens is 1. The molecule has 1 aliphatic heterocycles. The molecule has 1 atom stereocenters. The maximum Gasteiger partial charge on any atom is 0.354 e. The molecule has 3 N–H and O–H groups in total. The summed E-state index contributed by atoms with van der Waals surface area (Å²) in [5.74, 6) is -2.00. The number of aliphatic hydroxyl groups excluding tert-OH is 1. The van der Waals surface area contributed by atoms with Crippen LogP contribution in [0.2, 0.25) is 0 Å². The molecular formula is C23H30N3O6+. The molecule has 1 amide bonds. The Morgan fingerprint density at radius 3 is 2.53 bits per heavy atom. The molecule has 0 radical (unpaired) electrons. The Labute approximate surface area is 186 Å². The Hall–Kier alpha value is -3.33. The van der Waals surface area contributed by atoms with E-state index in [9.17, 15) is 19.5 Å². The number of furan rings is 1. The number of quaternary nitrogens is 1. The Bertz CT molecular complexity index is 1050. The zero-order chi connectivity index (χ0) is 23.6. The normalized spacial score (nSPS) is 18.1. The third-order valence-corrected chi connectivity index (χ3v) is 6.12. The van der Waals surface area contributed by atoms with E-state index in [1.54, 1.807) is 26.0 Å². The fourth-order valence-electron chi connectivity index (χ4n) is 4.28. The van der Waals surface area contributed by atoms with Gasteiger partial charge in [0.25, 0.3) is 11.7 Å². The summed E-state index contributed by atoms with van der Waals surface area (Å²) in [4.78, 5) is 43.8. The number of Topliss-reactive ketones (excluding diaryl/α,β-unsaturated/α-hetero) is 1. The Morgan fingerprint density at radius 2 is 1.97 bits per heavy atom. The lowest BCUT2D eigenvalue weighted by atomic mass is 9.97. The predicted octanol–water partition coefficient (Wildman–Crippen LogP) is 1.36. The molecule has 0 bridgehead atoms. The van der Waals surface area contributed by atoms with E-state index >= 15 is 0 Å². The number of rotatable bonds is 8. The Balaban J connectivity index is 2.12. The molecule has 3 heterocycles. The zero-order valence-corrected chi connectivity index (χ0v) is 19.1. The molecule has 1 fully saturated rings. The van der Waals surface area contributed by atoms with Crippen LogP contribution < -0.4 is 4.90 Å². The number of aromatic nitrogens is 1. The van der Waals surface area contributed by atoms with Crippen molar-refractivity contribution >= 4 is 23.4 Å². The second-order valence-corrected chi connectivity index (χ2v) is 7.83. The third kappa shape index (κ3) is 3.95. The summed E-state index contributed by atoms with van der Waals surface area (Å²) in [7, 11) is 1.26. The number of ether oxygens (including phenoxy) is 1. The van der Waals surface area contributed by atoms with Crippen LogP contribution in [0.4, 0.5) is 0 Å². The van der Waals surface area contributed by atoms with Crippen LogP contribution in [0.3, 0.4) is 0 Å². The minimum Gasteiger partial charge on any atom is -0.507 e. The second kappa shape index (κ2) is 9.44. The molecule has 9 heteroatoms. The van der Waals surface area contributed by atoms with Crippen LogP contribution in [0.15, 0.2) is 28.4 Å². The molecule has 3 rings (SSSR count). The van der Waals surface area contributed by atoms with Gasteiger partial charge in [0.2, 0.25) is 0 Å². The van der Waals surface area contributed by atoms with E-state index in [1.165, 1.54) is 23.2 Å². The molecule has 2 aromatic rings. The number of methoxy groups -OCH3 is 1. The van der Waals surface area contributed by atoms with Gasteiger partial charge in [-0.25, -0.2) is 4.79 Å². The number of hydrogen-bond donors (Lipinski definition) is 3. The van der Waals surface area contributed by atoms with E-state index in [2.05, 4.69) is 18.8 Å². The number of aliphatic hydroxyl groups is 1. The molecule has 0 spiro atoms. The van der Waals surface area contributed by atoms with E-state index < -0.39 is 23.7 Å². The number of nitrogens with zero attached hydrogens (tertiary/aromatic N) is 1. The summed E-state index contributed by atoms with van der Waals surface area (Å²) in [6.45, 7) is 10.2. The van der Waals surface area contributed by atoms with Gasteiger partial charge in [-0.1, -0.05) is 0 Å². The van der Waals surface area contributed by atoms with Gasteiger partial charge in [0.15, 0.2) is 0 Å². The zero-order valence-electron chi connectivity index (χ0n) is 19.1. The number of likely N-dealkylation sites (tertiary alicyclic amines) is 1. The summed E-state index contributed by atoms with van der Waals surface area (Å²) in [5.41, 5.74) is 1.34. The summed E-state index contributed by atoms with van der Waals surface area (Å²) in [6.07, 6.45) is 1.47. The first-order valence-corrected chi connectivity index (χ1v) is 10.7. The van der Waals surface area contributed by atoms with Crippen molar-refractivity contribution in [2.75, 3.05) is 33.3 Å². The van der Waals surface area contributed by atoms with Crippen molar-refractivity contribution in [3.8, 4) is 0 Å². The molecule has 0 saturated carbocycles. The lowest BCUT2D eigenvalue weighted by Gasteiger charge is -2.25. The third-order valence-electron chi connectivity index (χ3n) is 6.12. The standard InChI is InChI=1S/C23H29N3O6/c1-6-25(7-2)10-11-26-19(15-9-8-12-32-15)17(21(28)22(26)29)20(27)16-13(3)18(23(30)31-5)24-14(16)4/h8-9,12,19,24,27H,6-7,10-11H2,1-5H3/p+1. The van der Waals surface area contributed by atoms with Gasteiger partial charge in [0, 0.05) is 11.3 Å². The van der Waals surface area contributed by atoms with Crippen LogP contribution in [0.1, 0.15) is 53.0 Å². The monoisotopic (exact) mass is 444 g/mol. The fourth-order valence-corrected chi connectivity index (χ4v) is 4.28. The number of amides is 1. The van der Waals surface area contributed by atoms with Gasteiger partial charge in [-0.2, -0.15) is 0 Å². The maximum atomic E-state index is 13.1. The number of carbonyl (C=O) groups excluding carboxylic acids is 3. The van der Waals surface area contributed by atoms with Gasteiger partial charge in [-0.3, -0.25) is 9.59 Å². The van der Waals surface area contributed by atoms with Gasteiger partial charge in [0.05, 0.1) is 45.1 Å². The lowest BCUT2D eigenvalue weighted by Crippen LogP contribution is -3.12. The van der Waals surface area contributed by atoms with Crippen LogP contribution in [0.5, 0.6) is 0 Å². The van der Waals surface area contributed by atoms with Crippen LogP contribution in [-0.2, 0) is 14.3 Å². The van der Waals surface area contributed by atoms with Gasteiger partial charge in [-0.15, -0.1) is 0 Å². The largest absolute Gasteiger partial charge is 0.507 e. The highest BCUT2D eigenvalue weighted by atomic mass is 16.5. The van der Waals surface area contributed by atoms with Crippen LogP contribution >= 0.6 is 0 Å². The summed E-state index contributed by atoms with van der Waals surface area (Å²) in [5, 5.41) is 11.3. The molecule has 2 aromatic heterocycles. The predicted molar refractivity (Wildman–Crippen MR) is 116 cm³/mol. The molecular weight excluding hydrogens is 414 g/mol. The molecule has 1 aliphatic rings. The average Bonchev–Trinajstić information content (AvgIpc) is 3.47. The molecule has 0 aromatic carbocycles. The summed E-state index contributed by atoms with van der Waals surface area (Å²) in [6, 6.07) is 2.50. The lowest BCUT2D eigenvalue weighted by molar-refractivity contribution is -0.895. The maximum absolute atomic E-state index is 13.1. The van der Waals surface area contributed by atoms with E-state index in [-0.39, 0.29) is 17.0 Å². The highest BCUT2D eigenvalue weighted by Crippen LogP contribution is 2.40. The van der Waals surface area contributed by atoms with Gasteiger partial charge >= 0.3 is 5.97 Å². The van der Waals surface area contributed by atoms with Crippen molar-refractivity contribution in [1.29, 1.82) is 0 Å². The van der Waals surface area contributed by atoms with Gasteiger partial charge in [-0.05, 0) is 45.4 Å².